The molecule has 0 bridgehead atoms. The van der Waals surface area contributed by atoms with Crippen molar-refractivity contribution in [2.24, 2.45) is 0 Å². The second-order valence-electron chi connectivity index (χ2n) is 10.1. The van der Waals surface area contributed by atoms with Gasteiger partial charge in [0.15, 0.2) is 0 Å². The van der Waals surface area contributed by atoms with Crippen LogP contribution in [0, 0.1) is 0 Å². The lowest BCUT2D eigenvalue weighted by Gasteiger charge is -2.63. The molecule has 1 aromatic rings. The topological polar surface area (TPSA) is 66.8 Å². The average Bonchev–Trinajstić information content (AvgIpc) is 2.88. The van der Waals surface area contributed by atoms with E-state index >= 15 is 0 Å². The number of hydrogen-bond donors (Lipinski definition) is 2. The van der Waals surface area contributed by atoms with Crippen molar-refractivity contribution in [1.82, 2.24) is 0 Å². The predicted molar refractivity (Wildman–Crippen MR) is 159 cm³/mol. The third-order valence-electron chi connectivity index (χ3n) is 10.0. The first kappa shape index (κ1) is 31.6. The molecule has 1 rings (SSSR count). The molecule has 0 heterocycles. The Balaban J connectivity index is 4.05. The highest BCUT2D eigenvalue weighted by atomic mass is 29.9. The Bertz CT molecular complexity index is 686. The van der Waals surface area contributed by atoms with E-state index in [1.54, 1.807) is 24.3 Å². The Morgan fingerprint density at radius 1 is 0.647 bits per heavy atom. The van der Waals surface area contributed by atoms with Crippen molar-refractivity contribution in [3.05, 3.63) is 29.8 Å². The van der Waals surface area contributed by atoms with Gasteiger partial charge in [0.1, 0.15) is 0 Å². The molecule has 0 aliphatic rings. The number of hydrogen-bond acceptors (Lipinski definition) is 4. The van der Waals surface area contributed by atoms with Gasteiger partial charge in [-0.1, -0.05) is 129 Å². The van der Waals surface area contributed by atoms with E-state index in [9.17, 15) is 14.8 Å². The standard InChI is InChI=1S/C25H51BO4Si4/c1-10-31(11-2,12-3)34(32(13-4,14-5)15-6,33(16-7,17-8)18-9)30-25(27)23-19-21-24(22-20-23)26(28)29/h19-22,28-29H,10-18H2,1-9H3. The molecule has 0 atom stereocenters. The lowest BCUT2D eigenvalue weighted by atomic mass is 9.80. The van der Waals surface area contributed by atoms with E-state index in [0.29, 0.717) is 11.0 Å². The maximum Gasteiger partial charge on any atom is 0.488 e. The Kier molecular flexibility index (Phi) is 12.2. The quantitative estimate of drug-likeness (QED) is 0.260. The highest BCUT2D eigenvalue weighted by Gasteiger charge is 2.74. The molecule has 9 heteroatoms. The third-order valence-corrected chi connectivity index (χ3v) is 79.7. The van der Waals surface area contributed by atoms with Gasteiger partial charge in [-0.05, 0) is 17.6 Å². The van der Waals surface area contributed by atoms with Crippen LogP contribution in [-0.4, -0.2) is 52.8 Å². The highest BCUT2D eigenvalue weighted by molar-refractivity contribution is 7.88. The Morgan fingerprint density at radius 2 is 0.941 bits per heavy atom. The van der Waals surface area contributed by atoms with Gasteiger partial charge >= 0.3 is 13.1 Å². The minimum atomic E-state index is -2.45. The maximum absolute atomic E-state index is 14.1. The number of carbonyl (C=O) groups is 1. The van der Waals surface area contributed by atoms with Gasteiger partial charge in [0.05, 0.1) is 28.3 Å². The van der Waals surface area contributed by atoms with Crippen LogP contribution in [0.3, 0.4) is 0 Å². The summed E-state index contributed by atoms with van der Waals surface area (Å²) in [5.74, 6) is -0.141. The van der Waals surface area contributed by atoms with Crippen LogP contribution in [0.5, 0.6) is 0 Å². The molecule has 0 saturated heterocycles. The molecule has 1 aromatic carbocycles. The molecule has 0 aromatic heterocycles. The van der Waals surface area contributed by atoms with Gasteiger partial charge in [-0.2, -0.15) is 0 Å². The molecule has 4 nitrogen and oxygen atoms in total. The maximum atomic E-state index is 14.1. The summed E-state index contributed by atoms with van der Waals surface area (Å²) in [5, 5.41) is 19.0. The summed E-state index contributed by atoms with van der Waals surface area (Å²) in [7, 11) is -7.17. The summed E-state index contributed by atoms with van der Waals surface area (Å²) >= 11 is 0. The van der Waals surface area contributed by atoms with Gasteiger partial charge < -0.3 is 14.5 Å². The first-order valence-corrected chi connectivity index (χ1v) is 26.6. The minimum Gasteiger partial charge on any atom is -0.524 e. The highest BCUT2D eigenvalue weighted by Crippen LogP contribution is 2.51. The molecule has 0 aliphatic carbocycles. The van der Waals surface area contributed by atoms with E-state index in [1.807, 2.05) is 0 Å². The molecule has 0 spiro atoms. The van der Waals surface area contributed by atoms with Crippen molar-refractivity contribution in [1.29, 1.82) is 0 Å². The van der Waals surface area contributed by atoms with Gasteiger partial charge in [0.25, 0.3) is 0 Å². The summed E-state index contributed by atoms with van der Waals surface area (Å²) in [6, 6.07) is 17.7. The van der Waals surface area contributed by atoms with Crippen LogP contribution in [0.1, 0.15) is 72.7 Å². The van der Waals surface area contributed by atoms with Crippen LogP contribution in [-0.2, 0) is 4.43 Å². The molecular formula is C25H51BO4Si4. The lowest BCUT2D eigenvalue weighted by molar-refractivity contribution is 0.0735. The van der Waals surface area contributed by atoms with E-state index in [2.05, 4.69) is 62.3 Å². The number of benzene rings is 1. The fraction of sp³-hybridized carbons (Fsp3) is 0.720. The van der Waals surface area contributed by atoms with Crippen molar-refractivity contribution >= 4 is 48.2 Å². The van der Waals surface area contributed by atoms with Gasteiger partial charge in [0, 0.05) is 0 Å². The zero-order valence-electron chi connectivity index (χ0n) is 23.5. The van der Waals surface area contributed by atoms with E-state index in [-0.39, 0.29) is 5.97 Å². The zero-order chi connectivity index (χ0) is 26.2. The van der Waals surface area contributed by atoms with Crippen LogP contribution >= 0.6 is 0 Å². The van der Waals surface area contributed by atoms with Crippen molar-refractivity contribution in [3.63, 3.8) is 0 Å². The van der Waals surface area contributed by atoms with Crippen LogP contribution in [0.15, 0.2) is 24.3 Å². The molecular weight excluding hydrogens is 487 g/mol. The summed E-state index contributed by atoms with van der Waals surface area (Å²) in [4.78, 5) is 14.1. The number of rotatable bonds is 15. The van der Waals surface area contributed by atoms with Crippen LogP contribution in [0.25, 0.3) is 0 Å². The van der Waals surface area contributed by atoms with Gasteiger partial charge in [-0.3, -0.25) is 0 Å². The molecule has 0 saturated carbocycles. The van der Waals surface area contributed by atoms with Crippen molar-refractivity contribution in [3.8, 4) is 0 Å². The lowest BCUT2D eigenvalue weighted by Crippen LogP contribution is -2.89. The second kappa shape index (κ2) is 13.2. The molecule has 0 unspecified atom stereocenters. The first-order valence-electron chi connectivity index (χ1n) is 13.8. The predicted octanol–water partition coefficient (Wildman–Crippen LogP) is 6.23. The summed E-state index contributed by atoms with van der Waals surface area (Å²) in [6.45, 7) is 19.2. The molecule has 2 N–H and O–H groups in total. The zero-order valence-corrected chi connectivity index (χ0v) is 27.5. The van der Waals surface area contributed by atoms with Crippen molar-refractivity contribution in [2.45, 2.75) is 117 Å². The smallest absolute Gasteiger partial charge is 0.488 e. The molecule has 194 valence electrons. The monoisotopic (exact) mass is 538 g/mol. The molecule has 0 radical (unpaired) electrons. The summed E-state index contributed by atoms with van der Waals surface area (Å²) in [5.41, 5.74) is 0.961. The van der Waals surface area contributed by atoms with Gasteiger partial charge in [-0.15, -0.1) is 0 Å². The van der Waals surface area contributed by atoms with E-state index in [4.69, 9.17) is 4.43 Å². The fourth-order valence-electron chi connectivity index (χ4n) is 7.49. The molecule has 0 fully saturated rings. The summed E-state index contributed by atoms with van der Waals surface area (Å²) < 4.78 is 7.40. The van der Waals surface area contributed by atoms with Gasteiger partial charge in [0.2, 0.25) is 6.87 Å². The normalized spacial score (nSPS) is 13.1. The Hall–Kier alpha value is -0.458. The van der Waals surface area contributed by atoms with Crippen LogP contribution in [0.4, 0.5) is 0 Å². The van der Waals surface area contributed by atoms with E-state index < -0.39 is 36.8 Å². The van der Waals surface area contributed by atoms with Crippen molar-refractivity contribution in [2.75, 3.05) is 0 Å². The Morgan fingerprint density at radius 3 is 1.18 bits per heavy atom. The molecule has 0 aliphatic heterocycles. The first-order chi connectivity index (χ1) is 16.1. The van der Waals surface area contributed by atoms with E-state index in [0.717, 1.165) is 0 Å². The number of carbonyl (C=O) groups excluding carboxylic acids is 1. The largest absolute Gasteiger partial charge is 0.524 e. The third kappa shape index (κ3) is 5.02. The van der Waals surface area contributed by atoms with Crippen LogP contribution < -0.4 is 5.46 Å². The average molecular weight is 539 g/mol. The van der Waals surface area contributed by atoms with Crippen molar-refractivity contribution < 1.29 is 19.3 Å². The minimum absolute atomic E-state index is 0.141. The van der Waals surface area contributed by atoms with E-state index in [1.165, 1.54) is 54.4 Å². The fourth-order valence-corrected chi connectivity index (χ4v) is 106. The Labute approximate surface area is 213 Å². The van der Waals surface area contributed by atoms with Gasteiger partial charge in [-0.25, -0.2) is 4.79 Å². The SMILES string of the molecule is CC[Si](CC)(CC)[Si](OC(=O)c1ccc(B(O)O)cc1)([Si](CC)(CC)CC)[Si](CC)(CC)CC. The summed E-state index contributed by atoms with van der Waals surface area (Å²) in [6.07, 6.45) is 0. The van der Waals surface area contributed by atoms with Crippen LogP contribution in [0.2, 0.25) is 54.4 Å². The molecule has 0 amide bonds. The second-order valence-corrected chi connectivity index (χ2v) is 46.1. The molecule has 34 heavy (non-hydrogen) atoms.